The van der Waals surface area contributed by atoms with Crippen molar-refractivity contribution in [2.24, 2.45) is 5.84 Å². The summed E-state index contributed by atoms with van der Waals surface area (Å²) in [5.41, 5.74) is 4.58. The molecule has 19 heavy (non-hydrogen) atoms. The van der Waals surface area contributed by atoms with Crippen LogP contribution in [0.4, 0.5) is 4.39 Å². The molecule has 2 rings (SSSR count). The van der Waals surface area contributed by atoms with Crippen molar-refractivity contribution in [3.8, 4) is 0 Å². The lowest BCUT2D eigenvalue weighted by Gasteiger charge is -2.18. The zero-order valence-electron chi connectivity index (χ0n) is 10.6. The molecular formula is C13H16ClFN4. The average molecular weight is 283 g/mol. The highest BCUT2D eigenvalue weighted by Crippen LogP contribution is 2.23. The van der Waals surface area contributed by atoms with E-state index in [0.29, 0.717) is 11.4 Å². The second-order valence-corrected chi connectivity index (χ2v) is 4.64. The van der Waals surface area contributed by atoms with Crippen LogP contribution in [0.5, 0.6) is 0 Å². The SMILES string of the molecule is CCn1nccc1C(Cc1ccc(F)cc1Cl)NN. The fraction of sp³-hybridized carbons (Fsp3) is 0.308. The number of hydrogen-bond acceptors (Lipinski definition) is 3. The first kappa shape index (κ1) is 14.0. The zero-order chi connectivity index (χ0) is 13.8. The highest BCUT2D eigenvalue weighted by molar-refractivity contribution is 6.31. The second-order valence-electron chi connectivity index (χ2n) is 4.23. The number of benzene rings is 1. The lowest BCUT2D eigenvalue weighted by atomic mass is 10.0. The van der Waals surface area contributed by atoms with Gasteiger partial charge in [-0.05, 0) is 37.1 Å². The van der Waals surface area contributed by atoms with Gasteiger partial charge in [0.2, 0.25) is 0 Å². The van der Waals surface area contributed by atoms with Crippen molar-refractivity contribution in [3.05, 3.63) is 52.6 Å². The summed E-state index contributed by atoms with van der Waals surface area (Å²) in [6.45, 7) is 2.77. The molecular weight excluding hydrogens is 267 g/mol. The summed E-state index contributed by atoms with van der Waals surface area (Å²) in [6.07, 6.45) is 2.30. The van der Waals surface area contributed by atoms with Crippen molar-refractivity contribution in [3.63, 3.8) is 0 Å². The van der Waals surface area contributed by atoms with E-state index in [2.05, 4.69) is 10.5 Å². The Labute approximate surface area is 116 Å². The van der Waals surface area contributed by atoms with Crippen LogP contribution >= 0.6 is 11.6 Å². The van der Waals surface area contributed by atoms with Crippen LogP contribution in [0.2, 0.25) is 5.02 Å². The molecule has 2 aromatic rings. The van der Waals surface area contributed by atoms with Gasteiger partial charge in [-0.3, -0.25) is 16.0 Å². The van der Waals surface area contributed by atoms with Gasteiger partial charge in [0.15, 0.2) is 0 Å². The predicted molar refractivity (Wildman–Crippen MR) is 73.1 cm³/mol. The molecule has 0 saturated heterocycles. The molecule has 1 atom stereocenters. The Morgan fingerprint density at radius 3 is 2.89 bits per heavy atom. The summed E-state index contributed by atoms with van der Waals surface area (Å²) in [4.78, 5) is 0. The molecule has 1 aromatic carbocycles. The third-order valence-corrected chi connectivity index (χ3v) is 3.40. The molecule has 1 heterocycles. The third kappa shape index (κ3) is 3.12. The first-order valence-electron chi connectivity index (χ1n) is 6.07. The molecule has 3 N–H and O–H groups in total. The van der Waals surface area contributed by atoms with Crippen LogP contribution in [0.25, 0.3) is 0 Å². The van der Waals surface area contributed by atoms with Gasteiger partial charge in [-0.2, -0.15) is 5.10 Å². The number of aryl methyl sites for hydroxylation is 1. The summed E-state index contributed by atoms with van der Waals surface area (Å²) in [5, 5.41) is 4.62. The molecule has 0 aliphatic heterocycles. The molecule has 0 aliphatic carbocycles. The van der Waals surface area contributed by atoms with Crippen LogP contribution in [-0.2, 0) is 13.0 Å². The lowest BCUT2D eigenvalue weighted by molar-refractivity contribution is 0.490. The van der Waals surface area contributed by atoms with Gasteiger partial charge < -0.3 is 0 Å². The molecule has 1 aromatic heterocycles. The van der Waals surface area contributed by atoms with Gasteiger partial charge >= 0.3 is 0 Å². The number of aromatic nitrogens is 2. The van der Waals surface area contributed by atoms with E-state index < -0.39 is 0 Å². The molecule has 0 fully saturated rings. The van der Waals surface area contributed by atoms with Gasteiger partial charge in [0.25, 0.3) is 0 Å². The summed E-state index contributed by atoms with van der Waals surface area (Å²) in [6, 6.07) is 6.17. The van der Waals surface area contributed by atoms with Gasteiger partial charge in [0, 0.05) is 17.8 Å². The lowest BCUT2D eigenvalue weighted by Crippen LogP contribution is -2.31. The Balaban J connectivity index is 2.24. The van der Waals surface area contributed by atoms with Gasteiger partial charge in [0.1, 0.15) is 5.82 Å². The molecule has 0 aliphatic rings. The Bertz CT molecular complexity index is 555. The van der Waals surface area contributed by atoms with E-state index in [1.54, 1.807) is 12.3 Å². The summed E-state index contributed by atoms with van der Waals surface area (Å²) >= 11 is 6.03. The van der Waals surface area contributed by atoms with Gasteiger partial charge in [-0.1, -0.05) is 17.7 Å². The van der Waals surface area contributed by atoms with Crippen LogP contribution in [0.3, 0.4) is 0 Å². The Kier molecular flexibility index (Phi) is 4.52. The number of nitrogens with two attached hydrogens (primary N) is 1. The van der Waals surface area contributed by atoms with E-state index in [-0.39, 0.29) is 11.9 Å². The molecule has 1 unspecified atom stereocenters. The van der Waals surface area contributed by atoms with Gasteiger partial charge in [-0.15, -0.1) is 0 Å². The zero-order valence-corrected chi connectivity index (χ0v) is 11.4. The van der Waals surface area contributed by atoms with Gasteiger partial charge in [0.05, 0.1) is 11.7 Å². The predicted octanol–water partition coefficient (Wildman–Crippen LogP) is 2.44. The number of rotatable bonds is 5. The molecule has 102 valence electrons. The normalized spacial score (nSPS) is 12.6. The Morgan fingerprint density at radius 1 is 1.47 bits per heavy atom. The van der Waals surface area contributed by atoms with E-state index in [0.717, 1.165) is 17.8 Å². The monoisotopic (exact) mass is 282 g/mol. The maximum atomic E-state index is 13.0. The van der Waals surface area contributed by atoms with Crippen molar-refractivity contribution >= 4 is 11.6 Å². The Hall–Kier alpha value is -1.43. The molecule has 0 saturated carbocycles. The second kappa shape index (κ2) is 6.14. The molecule has 0 bridgehead atoms. The highest BCUT2D eigenvalue weighted by Gasteiger charge is 2.16. The quantitative estimate of drug-likeness (QED) is 0.654. The maximum Gasteiger partial charge on any atom is 0.124 e. The van der Waals surface area contributed by atoms with Crippen molar-refractivity contribution in [1.29, 1.82) is 0 Å². The van der Waals surface area contributed by atoms with E-state index in [4.69, 9.17) is 17.4 Å². The molecule has 0 amide bonds. The van der Waals surface area contributed by atoms with E-state index >= 15 is 0 Å². The largest absolute Gasteiger partial charge is 0.271 e. The van der Waals surface area contributed by atoms with Crippen molar-refractivity contribution in [1.82, 2.24) is 15.2 Å². The van der Waals surface area contributed by atoms with Crippen LogP contribution < -0.4 is 11.3 Å². The molecule has 6 heteroatoms. The van der Waals surface area contributed by atoms with E-state index in [9.17, 15) is 4.39 Å². The standard InChI is InChI=1S/C13H16ClFN4/c1-2-19-13(5-6-17-19)12(18-16)7-9-3-4-10(15)8-11(9)14/h3-6,8,12,18H,2,7,16H2,1H3. The first-order chi connectivity index (χ1) is 9.15. The van der Waals surface area contributed by atoms with E-state index in [1.807, 2.05) is 17.7 Å². The van der Waals surface area contributed by atoms with Crippen LogP contribution in [-0.4, -0.2) is 9.78 Å². The van der Waals surface area contributed by atoms with E-state index in [1.165, 1.54) is 12.1 Å². The smallest absolute Gasteiger partial charge is 0.124 e. The molecule has 4 nitrogen and oxygen atoms in total. The van der Waals surface area contributed by atoms with Crippen molar-refractivity contribution in [2.75, 3.05) is 0 Å². The number of halogens is 2. The average Bonchev–Trinajstić information content (AvgIpc) is 2.86. The topological polar surface area (TPSA) is 55.9 Å². The maximum absolute atomic E-state index is 13.0. The number of hydrazine groups is 1. The van der Waals surface area contributed by atoms with Gasteiger partial charge in [-0.25, -0.2) is 4.39 Å². The third-order valence-electron chi connectivity index (χ3n) is 3.05. The number of nitrogens with one attached hydrogen (secondary N) is 1. The molecule has 0 radical (unpaired) electrons. The number of hydrogen-bond donors (Lipinski definition) is 2. The number of nitrogens with zero attached hydrogens (tertiary/aromatic N) is 2. The summed E-state index contributed by atoms with van der Waals surface area (Å²) in [5.74, 6) is 5.26. The fourth-order valence-corrected chi connectivity index (χ4v) is 2.30. The van der Waals surface area contributed by atoms with Crippen LogP contribution in [0, 0.1) is 5.82 Å². The van der Waals surface area contributed by atoms with Crippen LogP contribution in [0.1, 0.15) is 24.2 Å². The van der Waals surface area contributed by atoms with Crippen molar-refractivity contribution < 1.29 is 4.39 Å². The first-order valence-corrected chi connectivity index (χ1v) is 6.45. The minimum Gasteiger partial charge on any atom is -0.271 e. The summed E-state index contributed by atoms with van der Waals surface area (Å²) < 4.78 is 14.9. The minimum absolute atomic E-state index is 0.120. The fourth-order valence-electron chi connectivity index (χ4n) is 2.06. The summed E-state index contributed by atoms with van der Waals surface area (Å²) in [7, 11) is 0. The minimum atomic E-state index is -0.343. The highest BCUT2D eigenvalue weighted by atomic mass is 35.5. The van der Waals surface area contributed by atoms with Crippen molar-refractivity contribution in [2.45, 2.75) is 25.9 Å². The Morgan fingerprint density at radius 2 is 2.26 bits per heavy atom. The van der Waals surface area contributed by atoms with Crippen LogP contribution in [0.15, 0.2) is 30.5 Å². The molecule has 0 spiro atoms.